The summed E-state index contributed by atoms with van der Waals surface area (Å²) in [5.74, 6) is -0.117. The van der Waals surface area contributed by atoms with Crippen molar-refractivity contribution in [3.63, 3.8) is 0 Å². The molecule has 0 saturated heterocycles. The quantitative estimate of drug-likeness (QED) is 0.654. The second kappa shape index (κ2) is 7.77. The molecule has 2 N–H and O–H groups in total. The topological polar surface area (TPSA) is 104 Å². The van der Waals surface area contributed by atoms with Crippen molar-refractivity contribution in [1.29, 1.82) is 0 Å². The average Bonchev–Trinajstić information content (AvgIpc) is 2.41. The predicted molar refractivity (Wildman–Crippen MR) is 82.8 cm³/mol. The van der Waals surface area contributed by atoms with Gasteiger partial charge < -0.3 is 10.5 Å². The van der Waals surface area contributed by atoms with Gasteiger partial charge >= 0.3 is 0 Å². The van der Waals surface area contributed by atoms with Crippen LogP contribution in [0.5, 0.6) is 5.75 Å². The molecule has 8 heteroatoms. The van der Waals surface area contributed by atoms with E-state index in [1.165, 1.54) is 0 Å². The van der Waals surface area contributed by atoms with Gasteiger partial charge in [-0.2, -0.15) is 0 Å². The molecule has 0 aliphatic rings. The van der Waals surface area contributed by atoms with Gasteiger partial charge in [-0.1, -0.05) is 12.1 Å². The fourth-order valence-corrected chi connectivity index (χ4v) is 4.60. The molecule has 0 aliphatic carbocycles. The number of rotatable bonds is 9. The largest absolute Gasteiger partial charge is 0.494 e. The normalized spacial score (nSPS) is 12.3. The fraction of sp³-hybridized carbons (Fsp3) is 0.538. The van der Waals surface area contributed by atoms with Crippen LogP contribution in [0.2, 0.25) is 0 Å². The zero-order chi connectivity index (χ0) is 15.9. The molecule has 0 unspecified atom stereocenters. The Labute approximate surface area is 126 Å². The van der Waals surface area contributed by atoms with Crippen LogP contribution in [-0.4, -0.2) is 47.0 Å². The van der Waals surface area contributed by atoms with Crippen molar-refractivity contribution in [2.24, 2.45) is 5.73 Å². The summed E-state index contributed by atoms with van der Waals surface area (Å²) in [5.41, 5.74) is 6.45. The van der Waals surface area contributed by atoms with Crippen molar-refractivity contribution >= 4 is 19.7 Å². The summed E-state index contributed by atoms with van der Waals surface area (Å²) in [6.45, 7) is 0.670. The molecule has 1 aromatic carbocycles. The number of hydrogen-bond donors (Lipinski definition) is 1. The first-order valence-corrected chi connectivity index (χ1v) is 10.4. The van der Waals surface area contributed by atoms with E-state index in [2.05, 4.69) is 0 Å². The molecule has 0 fully saturated rings. The number of sulfone groups is 2. The summed E-state index contributed by atoms with van der Waals surface area (Å²) in [6, 6.07) is 7.28. The van der Waals surface area contributed by atoms with E-state index in [-0.39, 0.29) is 23.9 Å². The third-order valence-corrected chi connectivity index (χ3v) is 5.71. The SMILES string of the molecule is CS(=O)(=O)CCS(=O)(=O)CCCOc1cccc(CN)c1. The van der Waals surface area contributed by atoms with E-state index >= 15 is 0 Å². The predicted octanol–water partition coefficient (Wildman–Crippen LogP) is 0.374. The maximum atomic E-state index is 11.7. The highest BCUT2D eigenvalue weighted by molar-refractivity contribution is 7.94. The maximum Gasteiger partial charge on any atom is 0.151 e. The third-order valence-electron chi connectivity index (χ3n) is 2.77. The van der Waals surface area contributed by atoms with Gasteiger partial charge in [-0.05, 0) is 24.1 Å². The van der Waals surface area contributed by atoms with Crippen LogP contribution >= 0.6 is 0 Å². The van der Waals surface area contributed by atoms with E-state index in [0.717, 1.165) is 11.8 Å². The van der Waals surface area contributed by atoms with Crippen LogP contribution < -0.4 is 10.5 Å². The maximum absolute atomic E-state index is 11.7. The van der Waals surface area contributed by atoms with Crippen LogP contribution in [0, 0.1) is 0 Å². The smallest absolute Gasteiger partial charge is 0.151 e. The molecule has 6 nitrogen and oxygen atoms in total. The molecular formula is C13H21NO5S2. The zero-order valence-corrected chi connectivity index (χ0v) is 13.6. The minimum atomic E-state index is -3.36. The molecule has 0 radical (unpaired) electrons. The number of hydrogen-bond acceptors (Lipinski definition) is 6. The van der Waals surface area contributed by atoms with Crippen molar-refractivity contribution in [1.82, 2.24) is 0 Å². The molecular weight excluding hydrogens is 314 g/mol. The Balaban J connectivity index is 2.36. The molecule has 0 heterocycles. The summed E-state index contributed by atoms with van der Waals surface area (Å²) in [5, 5.41) is 0. The molecule has 120 valence electrons. The second-order valence-corrected chi connectivity index (χ2v) is 9.40. The Hall–Kier alpha value is -1.12. The average molecular weight is 335 g/mol. The highest BCUT2D eigenvalue weighted by Gasteiger charge is 2.14. The van der Waals surface area contributed by atoms with Crippen molar-refractivity contribution < 1.29 is 21.6 Å². The van der Waals surface area contributed by atoms with E-state index in [0.29, 0.717) is 18.7 Å². The van der Waals surface area contributed by atoms with E-state index in [9.17, 15) is 16.8 Å². The van der Waals surface area contributed by atoms with Gasteiger partial charge in [-0.15, -0.1) is 0 Å². The molecule has 0 spiro atoms. The Morgan fingerprint density at radius 1 is 1.10 bits per heavy atom. The molecule has 0 atom stereocenters. The fourth-order valence-electron chi connectivity index (χ4n) is 1.61. The zero-order valence-electron chi connectivity index (χ0n) is 12.0. The summed E-state index contributed by atoms with van der Waals surface area (Å²) in [6.07, 6.45) is 1.34. The summed E-state index contributed by atoms with van der Waals surface area (Å²) in [4.78, 5) is 0. The standard InChI is InChI=1S/C13H21NO5S2/c1-20(15,16)8-9-21(17,18)7-3-6-19-13-5-2-4-12(10-13)11-14/h2,4-5,10H,3,6-9,11,14H2,1H3. The number of ether oxygens (including phenoxy) is 1. The van der Waals surface area contributed by atoms with E-state index in [1.54, 1.807) is 12.1 Å². The van der Waals surface area contributed by atoms with Gasteiger partial charge in [0.2, 0.25) is 0 Å². The number of benzene rings is 1. The molecule has 0 bridgehead atoms. The van der Waals surface area contributed by atoms with Gasteiger partial charge in [0, 0.05) is 12.8 Å². The first kappa shape index (κ1) is 17.9. The van der Waals surface area contributed by atoms with E-state index in [4.69, 9.17) is 10.5 Å². The summed E-state index contributed by atoms with van der Waals surface area (Å²) < 4.78 is 50.7. The Kier molecular flexibility index (Phi) is 6.63. The number of nitrogens with two attached hydrogens (primary N) is 1. The minimum absolute atomic E-state index is 0.0842. The van der Waals surface area contributed by atoms with Gasteiger partial charge in [0.1, 0.15) is 15.6 Å². The van der Waals surface area contributed by atoms with E-state index < -0.39 is 19.7 Å². The van der Waals surface area contributed by atoms with Crippen LogP contribution in [-0.2, 0) is 26.2 Å². The Morgan fingerprint density at radius 2 is 1.81 bits per heavy atom. The lowest BCUT2D eigenvalue weighted by molar-refractivity contribution is 0.317. The molecule has 0 aliphatic heterocycles. The van der Waals surface area contributed by atoms with Crippen molar-refractivity contribution in [2.45, 2.75) is 13.0 Å². The van der Waals surface area contributed by atoms with E-state index in [1.807, 2.05) is 12.1 Å². The Bertz CT molecular complexity index is 653. The molecule has 0 aromatic heterocycles. The van der Waals surface area contributed by atoms with Gasteiger partial charge in [0.15, 0.2) is 9.84 Å². The van der Waals surface area contributed by atoms with Crippen LogP contribution in [0.15, 0.2) is 24.3 Å². The first-order valence-electron chi connectivity index (χ1n) is 6.52. The Morgan fingerprint density at radius 3 is 2.43 bits per heavy atom. The van der Waals surface area contributed by atoms with Crippen LogP contribution in [0.4, 0.5) is 0 Å². The van der Waals surface area contributed by atoms with Crippen LogP contribution in [0.1, 0.15) is 12.0 Å². The molecule has 21 heavy (non-hydrogen) atoms. The highest BCUT2D eigenvalue weighted by atomic mass is 32.2. The van der Waals surface area contributed by atoms with Gasteiger partial charge in [0.05, 0.1) is 23.9 Å². The third kappa shape index (κ3) is 8.03. The molecule has 1 rings (SSSR count). The lowest BCUT2D eigenvalue weighted by Gasteiger charge is -2.08. The highest BCUT2D eigenvalue weighted by Crippen LogP contribution is 2.13. The first-order chi connectivity index (χ1) is 9.72. The van der Waals surface area contributed by atoms with Gasteiger partial charge in [-0.25, -0.2) is 16.8 Å². The molecule has 0 amide bonds. The lowest BCUT2D eigenvalue weighted by atomic mass is 10.2. The van der Waals surface area contributed by atoms with Crippen molar-refractivity contribution in [3.05, 3.63) is 29.8 Å². The van der Waals surface area contributed by atoms with Gasteiger partial charge in [-0.3, -0.25) is 0 Å². The van der Waals surface area contributed by atoms with Crippen LogP contribution in [0.3, 0.4) is 0 Å². The lowest BCUT2D eigenvalue weighted by Crippen LogP contribution is -2.19. The minimum Gasteiger partial charge on any atom is -0.494 e. The van der Waals surface area contributed by atoms with Gasteiger partial charge in [0.25, 0.3) is 0 Å². The second-order valence-electron chi connectivity index (χ2n) is 4.84. The molecule has 1 aromatic rings. The van der Waals surface area contributed by atoms with Crippen molar-refractivity contribution in [2.75, 3.05) is 30.1 Å². The monoisotopic (exact) mass is 335 g/mol. The summed E-state index contributed by atoms with van der Waals surface area (Å²) >= 11 is 0. The summed E-state index contributed by atoms with van der Waals surface area (Å²) in [7, 11) is -6.62. The van der Waals surface area contributed by atoms with Crippen LogP contribution in [0.25, 0.3) is 0 Å². The van der Waals surface area contributed by atoms with Crippen molar-refractivity contribution in [3.8, 4) is 5.75 Å². The molecule has 0 saturated carbocycles.